The van der Waals surface area contributed by atoms with Crippen LogP contribution >= 0.6 is 12.4 Å². The van der Waals surface area contributed by atoms with Gasteiger partial charge in [0, 0.05) is 26.6 Å². The van der Waals surface area contributed by atoms with E-state index >= 15 is 0 Å². The maximum absolute atomic E-state index is 12.5. The van der Waals surface area contributed by atoms with Gasteiger partial charge in [0.1, 0.15) is 0 Å². The van der Waals surface area contributed by atoms with E-state index in [1.165, 1.54) is 12.8 Å². The first-order valence-electron chi connectivity index (χ1n) is 8.32. The zero-order chi connectivity index (χ0) is 15.2. The van der Waals surface area contributed by atoms with Gasteiger partial charge in [-0.25, -0.2) is 0 Å². The first-order valence-corrected chi connectivity index (χ1v) is 8.32. The maximum Gasteiger partial charge on any atom is 0.224 e. The molecule has 6 heteroatoms. The lowest BCUT2D eigenvalue weighted by atomic mass is 9.85. The van der Waals surface area contributed by atoms with E-state index < -0.39 is 0 Å². The second kappa shape index (κ2) is 9.36. The molecule has 3 unspecified atom stereocenters. The van der Waals surface area contributed by atoms with Crippen LogP contribution in [0.5, 0.6) is 0 Å². The van der Waals surface area contributed by atoms with Crippen LogP contribution in [0.3, 0.4) is 0 Å². The Hall–Kier alpha value is -0.810. The third-order valence-electron chi connectivity index (χ3n) is 5.03. The molecule has 0 aliphatic carbocycles. The average molecular weight is 332 g/mol. The Bertz CT molecular complexity index is 372. The number of halogens is 1. The Morgan fingerprint density at radius 2 is 2.09 bits per heavy atom. The second-order valence-corrected chi connectivity index (χ2v) is 6.58. The molecule has 5 nitrogen and oxygen atoms in total. The van der Waals surface area contributed by atoms with Crippen LogP contribution in [0.1, 0.15) is 39.0 Å². The monoisotopic (exact) mass is 331 g/mol. The van der Waals surface area contributed by atoms with Crippen molar-refractivity contribution in [1.82, 2.24) is 15.5 Å². The molecular formula is C16H30ClN3O2. The summed E-state index contributed by atoms with van der Waals surface area (Å²) in [7, 11) is 1.67. The van der Waals surface area contributed by atoms with Gasteiger partial charge in [0.05, 0.1) is 5.92 Å². The molecule has 2 saturated heterocycles. The molecule has 2 aliphatic heterocycles. The number of nitrogens with zero attached hydrogens (tertiary/aromatic N) is 1. The van der Waals surface area contributed by atoms with Crippen molar-refractivity contribution < 1.29 is 9.59 Å². The lowest BCUT2D eigenvalue weighted by Gasteiger charge is -2.34. The summed E-state index contributed by atoms with van der Waals surface area (Å²) in [5.41, 5.74) is 0. The fraction of sp³-hybridized carbons (Fsp3) is 0.875. The van der Waals surface area contributed by atoms with Gasteiger partial charge >= 0.3 is 0 Å². The van der Waals surface area contributed by atoms with Crippen molar-refractivity contribution >= 4 is 24.2 Å². The fourth-order valence-corrected chi connectivity index (χ4v) is 3.56. The second-order valence-electron chi connectivity index (χ2n) is 6.58. The van der Waals surface area contributed by atoms with Crippen molar-refractivity contribution in [1.29, 1.82) is 0 Å². The van der Waals surface area contributed by atoms with Gasteiger partial charge in [-0.2, -0.15) is 0 Å². The van der Waals surface area contributed by atoms with E-state index in [9.17, 15) is 9.59 Å². The molecule has 0 aromatic heterocycles. The Morgan fingerprint density at radius 1 is 1.32 bits per heavy atom. The number of carbonyl (C=O) groups excluding carboxylic acids is 2. The molecule has 3 atom stereocenters. The lowest BCUT2D eigenvalue weighted by molar-refractivity contribution is -0.136. The number of nitrogens with one attached hydrogen (secondary N) is 2. The predicted molar refractivity (Wildman–Crippen MR) is 90.0 cm³/mol. The largest absolute Gasteiger partial charge is 0.359 e. The van der Waals surface area contributed by atoms with Gasteiger partial charge in [0.25, 0.3) is 0 Å². The third-order valence-corrected chi connectivity index (χ3v) is 5.03. The van der Waals surface area contributed by atoms with Crippen LogP contribution in [0.15, 0.2) is 0 Å². The maximum atomic E-state index is 12.5. The zero-order valence-electron chi connectivity index (χ0n) is 13.8. The van der Waals surface area contributed by atoms with E-state index in [1.807, 2.05) is 4.90 Å². The number of hydrogen-bond donors (Lipinski definition) is 2. The van der Waals surface area contributed by atoms with Gasteiger partial charge in [-0.05, 0) is 50.6 Å². The normalized spacial score (nSPS) is 26.7. The molecule has 2 aliphatic rings. The summed E-state index contributed by atoms with van der Waals surface area (Å²) in [6.45, 7) is 5.73. The molecule has 0 radical (unpaired) electrons. The summed E-state index contributed by atoms with van der Waals surface area (Å²) >= 11 is 0. The minimum absolute atomic E-state index is 0. The molecule has 2 heterocycles. The SMILES string of the molecule is CNC(=O)C1CCCN(C(=O)CC(C)C2CCCNC2)C1.Cl. The number of amides is 2. The topological polar surface area (TPSA) is 61.4 Å². The Morgan fingerprint density at radius 3 is 2.73 bits per heavy atom. The van der Waals surface area contributed by atoms with E-state index in [4.69, 9.17) is 0 Å². The van der Waals surface area contributed by atoms with E-state index in [0.717, 1.165) is 32.5 Å². The van der Waals surface area contributed by atoms with Crippen LogP contribution in [0.25, 0.3) is 0 Å². The molecule has 0 bridgehead atoms. The van der Waals surface area contributed by atoms with Crippen molar-refractivity contribution in [3.05, 3.63) is 0 Å². The van der Waals surface area contributed by atoms with Crippen LogP contribution in [0, 0.1) is 17.8 Å². The standard InChI is InChI=1S/C16H29N3O2.ClH/c1-12(13-5-3-7-18-10-13)9-15(20)19-8-4-6-14(11-19)16(21)17-2;/h12-14,18H,3-11H2,1-2H3,(H,17,21);1H. The Labute approximate surface area is 140 Å². The molecule has 0 spiro atoms. The van der Waals surface area contributed by atoms with E-state index in [0.29, 0.717) is 24.8 Å². The molecular weight excluding hydrogens is 302 g/mol. The van der Waals surface area contributed by atoms with Gasteiger partial charge in [0.2, 0.25) is 11.8 Å². The highest BCUT2D eigenvalue weighted by Gasteiger charge is 2.29. The molecule has 2 rings (SSSR count). The number of piperidine rings is 2. The first-order chi connectivity index (χ1) is 10.1. The predicted octanol–water partition coefficient (Wildman–Crippen LogP) is 1.42. The van der Waals surface area contributed by atoms with E-state index in [-0.39, 0.29) is 30.1 Å². The van der Waals surface area contributed by atoms with Crippen molar-refractivity contribution in [3.8, 4) is 0 Å². The van der Waals surface area contributed by atoms with E-state index in [2.05, 4.69) is 17.6 Å². The van der Waals surface area contributed by atoms with Crippen molar-refractivity contribution in [3.63, 3.8) is 0 Å². The fourth-order valence-electron chi connectivity index (χ4n) is 3.56. The van der Waals surface area contributed by atoms with E-state index in [1.54, 1.807) is 7.05 Å². The van der Waals surface area contributed by atoms with Crippen LogP contribution in [0.4, 0.5) is 0 Å². The molecule has 0 aromatic carbocycles. The minimum atomic E-state index is -0.0284. The van der Waals surface area contributed by atoms with Gasteiger partial charge in [-0.15, -0.1) is 12.4 Å². The minimum Gasteiger partial charge on any atom is -0.359 e. The summed E-state index contributed by atoms with van der Waals surface area (Å²) in [6.07, 6.45) is 4.88. The van der Waals surface area contributed by atoms with Crippen LogP contribution < -0.4 is 10.6 Å². The highest BCUT2D eigenvalue weighted by Crippen LogP contribution is 2.25. The molecule has 0 aromatic rings. The highest BCUT2D eigenvalue weighted by atomic mass is 35.5. The average Bonchev–Trinajstić information content (AvgIpc) is 2.55. The van der Waals surface area contributed by atoms with Gasteiger partial charge in [-0.3, -0.25) is 9.59 Å². The summed E-state index contributed by atoms with van der Waals surface area (Å²) < 4.78 is 0. The van der Waals surface area contributed by atoms with Crippen molar-refractivity contribution in [2.24, 2.45) is 17.8 Å². The highest BCUT2D eigenvalue weighted by molar-refractivity contribution is 5.85. The van der Waals surface area contributed by atoms with Gasteiger partial charge < -0.3 is 15.5 Å². The molecule has 0 saturated carbocycles. The first kappa shape index (κ1) is 19.2. The number of likely N-dealkylation sites (tertiary alicyclic amines) is 1. The van der Waals surface area contributed by atoms with Crippen LogP contribution in [0.2, 0.25) is 0 Å². The Kier molecular flexibility index (Phi) is 8.18. The number of hydrogen-bond acceptors (Lipinski definition) is 3. The van der Waals surface area contributed by atoms with Crippen LogP contribution in [-0.2, 0) is 9.59 Å². The smallest absolute Gasteiger partial charge is 0.224 e. The number of rotatable bonds is 4. The summed E-state index contributed by atoms with van der Waals surface area (Å²) in [6, 6.07) is 0. The molecule has 2 amide bonds. The van der Waals surface area contributed by atoms with Gasteiger partial charge in [0.15, 0.2) is 0 Å². The van der Waals surface area contributed by atoms with Crippen LogP contribution in [-0.4, -0.2) is 49.9 Å². The molecule has 2 fully saturated rings. The molecule has 22 heavy (non-hydrogen) atoms. The quantitative estimate of drug-likeness (QED) is 0.819. The number of carbonyl (C=O) groups is 2. The van der Waals surface area contributed by atoms with Gasteiger partial charge in [-0.1, -0.05) is 6.92 Å². The zero-order valence-corrected chi connectivity index (χ0v) is 14.6. The summed E-state index contributed by atoms with van der Waals surface area (Å²) in [5, 5.41) is 6.12. The summed E-state index contributed by atoms with van der Waals surface area (Å²) in [4.78, 5) is 26.1. The molecule has 2 N–H and O–H groups in total. The van der Waals surface area contributed by atoms with Crippen molar-refractivity contribution in [2.75, 3.05) is 33.2 Å². The molecule has 128 valence electrons. The van der Waals surface area contributed by atoms with Crippen molar-refractivity contribution in [2.45, 2.75) is 39.0 Å². The summed E-state index contributed by atoms with van der Waals surface area (Å²) in [5.74, 6) is 1.30. The Balaban J connectivity index is 0.00000242. The lowest BCUT2D eigenvalue weighted by Crippen LogP contribution is -2.45. The third kappa shape index (κ3) is 5.13.